The van der Waals surface area contributed by atoms with E-state index in [4.69, 9.17) is 15.9 Å². The van der Waals surface area contributed by atoms with Crippen molar-refractivity contribution in [3.8, 4) is 23.8 Å². The SMILES string of the molecule is C#Cc1cccc(NC(=O)CN=C(NCC)Nc2ccc(OC)c(OC)c2)c1.I. The van der Waals surface area contributed by atoms with Crippen LogP contribution in [0.1, 0.15) is 12.5 Å². The number of halogens is 1. The van der Waals surface area contributed by atoms with Gasteiger partial charge in [-0.25, -0.2) is 4.99 Å². The van der Waals surface area contributed by atoms with Crippen LogP contribution >= 0.6 is 24.0 Å². The minimum Gasteiger partial charge on any atom is -0.493 e. The summed E-state index contributed by atoms with van der Waals surface area (Å²) in [5, 5.41) is 9.01. The van der Waals surface area contributed by atoms with E-state index in [1.807, 2.05) is 13.0 Å². The third-order valence-electron chi connectivity index (χ3n) is 3.68. The van der Waals surface area contributed by atoms with Crippen molar-refractivity contribution in [3.63, 3.8) is 0 Å². The molecule has 2 aromatic carbocycles. The van der Waals surface area contributed by atoms with E-state index >= 15 is 0 Å². The maximum Gasteiger partial charge on any atom is 0.246 e. The highest BCUT2D eigenvalue weighted by molar-refractivity contribution is 14.0. The molecule has 0 saturated heterocycles. The Hall–Kier alpha value is -2.93. The van der Waals surface area contributed by atoms with Crippen molar-refractivity contribution in [3.05, 3.63) is 48.0 Å². The number of hydrogen-bond donors (Lipinski definition) is 3. The molecule has 0 aromatic heterocycles. The molecule has 0 bridgehead atoms. The Bertz CT molecular complexity index is 894. The zero-order valence-electron chi connectivity index (χ0n) is 16.6. The van der Waals surface area contributed by atoms with Gasteiger partial charge in [0.05, 0.1) is 14.2 Å². The Morgan fingerprint density at radius 3 is 2.45 bits per heavy atom. The van der Waals surface area contributed by atoms with E-state index in [2.05, 4.69) is 26.9 Å². The van der Waals surface area contributed by atoms with E-state index in [-0.39, 0.29) is 36.4 Å². The second-order valence-electron chi connectivity index (χ2n) is 5.66. The molecule has 0 fully saturated rings. The summed E-state index contributed by atoms with van der Waals surface area (Å²) in [6.45, 7) is 2.53. The topological polar surface area (TPSA) is 84.0 Å². The zero-order chi connectivity index (χ0) is 20.4. The van der Waals surface area contributed by atoms with Crippen LogP contribution in [-0.2, 0) is 4.79 Å². The lowest BCUT2D eigenvalue weighted by Gasteiger charge is -2.14. The number of guanidine groups is 1. The number of nitrogens with one attached hydrogen (secondary N) is 3. The van der Waals surface area contributed by atoms with Crippen molar-refractivity contribution in [1.29, 1.82) is 0 Å². The summed E-state index contributed by atoms with van der Waals surface area (Å²) in [6.07, 6.45) is 5.38. The van der Waals surface area contributed by atoms with E-state index in [9.17, 15) is 4.79 Å². The number of ether oxygens (including phenoxy) is 2. The molecule has 2 rings (SSSR count). The van der Waals surface area contributed by atoms with Crippen LogP contribution in [0.2, 0.25) is 0 Å². The molecule has 1 amide bonds. The Kier molecular flexibility index (Phi) is 10.4. The molecule has 0 spiro atoms. The van der Waals surface area contributed by atoms with Gasteiger partial charge in [-0.3, -0.25) is 4.79 Å². The van der Waals surface area contributed by atoms with Crippen LogP contribution in [0.3, 0.4) is 0 Å². The van der Waals surface area contributed by atoms with Gasteiger partial charge in [-0.05, 0) is 37.3 Å². The molecule has 3 N–H and O–H groups in total. The summed E-state index contributed by atoms with van der Waals surface area (Å²) in [5.74, 6) is 3.98. The largest absolute Gasteiger partial charge is 0.493 e. The van der Waals surface area contributed by atoms with Crippen LogP contribution in [0.25, 0.3) is 0 Å². The van der Waals surface area contributed by atoms with Crippen molar-refractivity contribution in [2.45, 2.75) is 6.92 Å². The molecular formula is C21H25IN4O3. The lowest BCUT2D eigenvalue weighted by Crippen LogP contribution is -2.31. The molecule has 0 atom stereocenters. The van der Waals surface area contributed by atoms with Gasteiger partial charge in [0.1, 0.15) is 6.54 Å². The Morgan fingerprint density at radius 2 is 1.79 bits per heavy atom. The van der Waals surface area contributed by atoms with E-state index in [0.717, 1.165) is 5.69 Å². The van der Waals surface area contributed by atoms with Crippen molar-refractivity contribution in [2.24, 2.45) is 4.99 Å². The second-order valence-corrected chi connectivity index (χ2v) is 5.66. The lowest BCUT2D eigenvalue weighted by atomic mass is 10.2. The van der Waals surface area contributed by atoms with Gasteiger partial charge in [-0.1, -0.05) is 12.0 Å². The molecule has 2 aromatic rings. The van der Waals surface area contributed by atoms with Crippen molar-refractivity contribution >= 4 is 47.2 Å². The number of anilines is 2. The smallest absolute Gasteiger partial charge is 0.246 e. The van der Waals surface area contributed by atoms with E-state index in [0.29, 0.717) is 35.3 Å². The first kappa shape index (κ1) is 24.1. The minimum atomic E-state index is -0.251. The molecule has 154 valence electrons. The van der Waals surface area contributed by atoms with Crippen LogP contribution in [0.15, 0.2) is 47.5 Å². The molecule has 29 heavy (non-hydrogen) atoms. The number of carbonyl (C=O) groups is 1. The standard InChI is InChI=1S/C21H24N4O3.HI/c1-5-15-8-7-9-16(12-15)24-20(26)14-23-21(22-6-2)25-17-10-11-18(27-3)19(13-17)28-4;/h1,7-13H,6,14H2,2-4H3,(H,24,26)(H2,22,23,25);1H. The van der Waals surface area contributed by atoms with Crippen molar-refractivity contribution < 1.29 is 14.3 Å². The molecule has 0 heterocycles. The van der Waals surface area contributed by atoms with Gasteiger partial charge in [0.25, 0.3) is 0 Å². The number of carbonyl (C=O) groups excluding carboxylic acids is 1. The Balaban J connectivity index is 0.00000420. The summed E-state index contributed by atoms with van der Waals surface area (Å²) in [5.41, 5.74) is 2.08. The van der Waals surface area contributed by atoms with E-state index < -0.39 is 0 Å². The fourth-order valence-electron chi connectivity index (χ4n) is 2.40. The molecule has 0 saturated carbocycles. The summed E-state index contributed by atoms with van der Waals surface area (Å²) >= 11 is 0. The highest BCUT2D eigenvalue weighted by atomic mass is 127. The molecule has 0 aliphatic heterocycles. The minimum absolute atomic E-state index is 0. The monoisotopic (exact) mass is 508 g/mol. The maximum atomic E-state index is 12.2. The van der Waals surface area contributed by atoms with Crippen LogP contribution < -0.4 is 25.4 Å². The molecule has 7 nitrogen and oxygen atoms in total. The molecule has 0 aliphatic carbocycles. The first-order chi connectivity index (χ1) is 13.6. The Morgan fingerprint density at radius 1 is 1.07 bits per heavy atom. The average molecular weight is 508 g/mol. The van der Waals surface area contributed by atoms with Crippen LogP contribution in [0.4, 0.5) is 11.4 Å². The van der Waals surface area contributed by atoms with Gasteiger partial charge in [-0.2, -0.15) is 0 Å². The molecule has 0 radical (unpaired) electrons. The third-order valence-corrected chi connectivity index (χ3v) is 3.68. The summed E-state index contributed by atoms with van der Waals surface area (Å²) < 4.78 is 10.5. The van der Waals surface area contributed by atoms with Crippen LogP contribution in [-0.4, -0.2) is 39.2 Å². The van der Waals surface area contributed by atoms with E-state index in [1.54, 1.807) is 50.6 Å². The second kappa shape index (κ2) is 12.5. The van der Waals surface area contributed by atoms with Gasteiger partial charge in [0.15, 0.2) is 17.5 Å². The quantitative estimate of drug-likeness (QED) is 0.231. The number of methoxy groups -OCH3 is 2. The molecular weight excluding hydrogens is 483 g/mol. The number of aliphatic imine (C=N–C) groups is 1. The fraction of sp³-hybridized carbons (Fsp3) is 0.238. The first-order valence-electron chi connectivity index (χ1n) is 8.73. The van der Waals surface area contributed by atoms with Gasteiger partial charge >= 0.3 is 0 Å². The van der Waals surface area contributed by atoms with E-state index in [1.165, 1.54) is 0 Å². The summed E-state index contributed by atoms with van der Waals surface area (Å²) in [4.78, 5) is 16.5. The number of benzene rings is 2. The Labute approximate surface area is 188 Å². The molecule has 0 aliphatic rings. The molecule has 0 unspecified atom stereocenters. The molecule has 8 heteroatoms. The predicted octanol–water partition coefficient (Wildman–Crippen LogP) is 3.32. The van der Waals surface area contributed by atoms with Gasteiger partial charge < -0.3 is 25.4 Å². The fourth-order valence-corrected chi connectivity index (χ4v) is 2.40. The third kappa shape index (κ3) is 7.54. The predicted molar refractivity (Wildman–Crippen MR) is 128 cm³/mol. The van der Waals surface area contributed by atoms with Gasteiger partial charge in [-0.15, -0.1) is 30.4 Å². The summed E-state index contributed by atoms with van der Waals surface area (Å²) in [6, 6.07) is 12.5. The number of rotatable bonds is 7. The highest BCUT2D eigenvalue weighted by Gasteiger charge is 2.07. The normalized spacial score (nSPS) is 10.2. The first-order valence-corrected chi connectivity index (χ1v) is 8.73. The van der Waals surface area contributed by atoms with Gasteiger partial charge in [0, 0.05) is 29.5 Å². The van der Waals surface area contributed by atoms with Crippen molar-refractivity contribution in [1.82, 2.24) is 5.32 Å². The van der Waals surface area contributed by atoms with Crippen LogP contribution in [0.5, 0.6) is 11.5 Å². The summed E-state index contributed by atoms with van der Waals surface area (Å²) in [7, 11) is 3.15. The number of terminal acetylenes is 1. The van der Waals surface area contributed by atoms with Gasteiger partial charge in [0.2, 0.25) is 5.91 Å². The lowest BCUT2D eigenvalue weighted by molar-refractivity contribution is -0.114. The number of nitrogens with zero attached hydrogens (tertiary/aromatic N) is 1. The highest BCUT2D eigenvalue weighted by Crippen LogP contribution is 2.29. The maximum absolute atomic E-state index is 12.2. The average Bonchev–Trinajstić information content (AvgIpc) is 2.72. The van der Waals surface area contributed by atoms with Crippen molar-refractivity contribution in [2.75, 3.05) is 37.9 Å². The zero-order valence-corrected chi connectivity index (χ0v) is 18.9. The number of amides is 1. The van der Waals surface area contributed by atoms with Crippen LogP contribution in [0, 0.1) is 12.3 Å². The number of hydrogen-bond acceptors (Lipinski definition) is 4.